The molecular formula is C13H9ClF4N2. The Morgan fingerprint density at radius 2 is 1.90 bits per heavy atom. The van der Waals surface area contributed by atoms with Crippen LogP contribution in [-0.4, -0.2) is 9.97 Å². The highest BCUT2D eigenvalue weighted by atomic mass is 35.5. The van der Waals surface area contributed by atoms with Crippen molar-refractivity contribution in [3.05, 3.63) is 57.9 Å². The molecule has 0 aliphatic carbocycles. The lowest BCUT2D eigenvalue weighted by Gasteiger charge is -2.13. The number of aryl methyl sites for hydroxylation is 1. The smallest absolute Gasteiger partial charge is 0.228 e. The third-order valence-electron chi connectivity index (χ3n) is 2.61. The first-order valence-electron chi connectivity index (χ1n) is 5.62. The van der Waals surface area contributed by atoms with E-state index in [1.807, 2.05) is 0 Å². The molecule has 0 amide bonds. The van der Waals surface area contributed by atoms with Gasteiger partial charge in [0.05, 0.1) is 0 Å². The monoisotopic (exact) mass is 304 g/mol. The van der Waals surface area contributed by atoms with E-state index in [-0.39, 0.29) is 23.0 Å². The SMILES string of the molecule is Cc1nc(Cl)c(Cc2cccc(F)c2)c(C(F)(F)F)n1. The fraction of sp³-hybridized carbons (Fsp3) is 0.231. The number of hydrogen-bond donors (Lipinski definition) is 0. The second kappa shape index (κ2) is 5.36. The van der Waals surface area contributed by atoms with E-state index in [9.17, 15) is 17.6 Å². The van der Waals surface area contributed by atoms with Crippen LogP contribution in [0.5, 0.6) is 0 Å². The Morgan fingerprint density at radius 3 is 2.50 bits per heavy atom. The largest absolute Gasteiger partial charge is 0.433 e. The molecule has 0 bridgehead atoms. The summed E-state index contributed by atoms with van der Waals surface area (Å²) in [6.07, 6.45) is -4.83. The van der Waals surface area contributed by atoms with Gasteiger partial charge in [-0.3, -0.25) is 0 Å². The van der Waals surface area contributed by atoms with Gasteiger partial charge in [0.25, 0.3) is 0 Å². The first kappa shape index (κ1) is 14.7. The summed E-state index contributed by atoms with van der Waals surface area (Å²) in [4.78, 5) is 7.14. The lowest BCUT2D eigenvalue weighted by Crippen LogP contribution is -2.15. The molecule has 1 aromatic heterocycles. The van der Waals surface area contributed by atoms with Crippen molar-refractivity contribution in [2.24, 2.45) is 0 Å². The van der Waals surface area contributed by atoms with Crippen LogP contribution in [0.2, 0.25) is 5.15 Å². The van der Waals surface area contributed by atoms with Crippen LogP contribution in [0.4, 0.5) is 17.6 Å². The van der Waals surface area contributed by atoms with Gasteiger partial charge in [0.2, 0.25) is 0 Å². The number of halogens is 5. The summed E-state index contributed by atoms with van der Waals surface area (Å²) in [7, 11) is 0. The molecule has 0 fully saturated rings. The summed E-state index contributed by atoms with van der Waals surface area (Å²) in [5, 5.41) is -0.269. The Kier molecular flexibility index (Phi) is 3.94. The van der Waals surface area contributed by atoms with Crippen LogP contribution < -0.4 is 0 Å². The van der Waals surface area contributed by atoms with Crippen LogP contribution in [0.1, 0.15) is 22.6 Å². The minimum Gasteiger partial charge on any atom is -0.228 e. The number of alkyl halides is 3. The van der Waals surface area contributed by atoms with Crippen molar-refractivity contribution < 1.29 is 17.6 Å². The van der Waals surface area contributed by atoms with Crippen LogP contribution >= 0.6 is 11.6 Å². The van der Waals surface area contributed by atoms with E-state index < -0.39 is 17.7 Å². The molecule has 1 aromatic carbocycles. The van der Waals surface area contributed by atoms with Crippen molar-refractivity contribution in [2.75, 3.05) is 0 Å². The average Bonchev–Trinajstić information content (AvgIpc) is 2.31. The molecule has 106 valence electrons. The van der Waals surface area contributed by atoms with Crippen LogP contribution in [0.15, 0.2) is 24.3 Å². The first-order chi connectivity index (χ1) is 9.27. The van der Waals surface area contributed by atoms with E-state index in [0.717, 1.165) is 6.07 Å². The van der Waals surface area contributed by atoms with Gasteiger partial charge in [0.1, 0.15) is 16.8 Å². The second-order valence-electron chi connectivity index (χ2n) is 4.19. The summed E-state index contributed by atoms with van der Waals surface area (Å²) in [6, 6.07) is 5.29. The molecule has 0 atom stereocenters. The van der Waals surface area contributed by atoms with Gasteiger partial charge in [-0.2, -0.15) is 13.2 Å². The number of nitrogens with zero attached hydrogens (tertiary/aromatic N) is 2. The van der Waals surface area contributed by atoms with Crippen LogP contribution in [0.25, 0.3) is 0 Å². The third kappa shape index (κ3) is 3.25. The maximum absolute atomic E-state index is 13.1. The van der Waals surface area contributed by atoms with Crippen molar-refractivity contribution in [1.82, 2.24) is 9.97 Å². The predicted octanol–water partition coefficient (Wildman–Crippen LogP) is 4.19. The van der Waals surface area contributed by atoms with E-state index in [1.165, 1.54) is 25.1 Å². The summed E-state index contributed by atoms with van der Waals surface area (Å²) in [6.45, 7) is 1.33. The zero-order chi connectivity index (χ0) is 14.9. The van der Waals surface area contributed by atoms with Gasteiger partial charge in [0, 0.05) is 12.0 Å². The van der Waals surface area contributed by atoms with Crippen molar-refractivity contribution in [3.63, 3.8) is 0 Å². The summed E-state index contributed by atoms with van der Waals surface area (Å²) in [5.74, 6) is -0.592. The molecule has 0 aliphatic heterocycles. The molecule has 0 aliphatic rings. The molecule has 7 heteroatoms. The normalized spacial score (nSPS) is 11.7. The number of rotatable bonds is 2. The zero-order valence-corrected chi connectivity index (χ0v) is 11.1. The van der Waals surface area contributed by atoms with E-state index in [1.54, 1.807) is 0 Å². The molecule has 20 heavy (non-hydrogen) atoms. The van der Waals surface area contributed by atoms with Gasteiger partial charge >= 0.3 is 6.18 Å². The summed E-state index contributed by atoms with van der Waals surface area (Å²) >= 11 is 5.79. The van der Waals surface area contributed by atoms with Gasteiger partial charge in [-0.05, 0) is 24.6 Å². The molecule has 2 aromatic rings. The van der Waals surface area contributed by atoms with Crippen molar-refractivity contribution in [2.45, 2.75) is 19.5 Å². The highest BCUT2D eigenvalue weighted by Gasteiger charge is 2.37. The predicted molar refractivity (Wildman–Crippen MR) is 66.0 cm³/mol. The van der Waals surface area contributed by atoms with Gasteiger partial charge in [-0.1, -0.05) is 23.7 Å². The van der Waals surface area contributed by atoms with Crippen molar-refractivity contribution >= 4 is 11.6 Å². The van der Waals surface area contributed by atoms with Crippen LogP contribution in [-0.2, 0) is 12.6 Å². The molecule has 0 radical (unpaired) electrons. The van der Waals surface area contributed by atoms with Crippen LogP contribution in [0.3, 0.4) is 0 Å². The van der Waals surface area contributed by atoms with Gasteiger partial charge in [-0.25, -0.2) is 14.4 Å². The fourth-order valence-electron chi connectivity index (χ4n) is 1.80. The van der Waals surface area contributed by atoms with Crippen molar-refractivity contribution in [1.29, 1.82) is 0 Å². The number of hydrogen-bond acceptors (Lipinski definition) is 2. The fourth-order valence-corrected chi connectivity index (χ4v) is 2.08. The molecular weight excluding hydrogens is 296 g/mol. The molecule has 2 rings (SSSR count). The summed E-state index contributed by atoms with van der Waals surface area (Å²) in [5.41, 5.74) is -0.973. The molecule has 1 heterocycles. The third-order valence-corrected chi connectivity index (χ3v) is 2.92. The Hall–Kier alpha value is -1.69. The van der Waals surface area contributed by atoms with Crippen LogP contribution in [0, 0.1) is 12.7 Å². The first-order valence-corrected chi connectivity index (χ1v) is 6.00. The topological polar surface area (TPSA) is 25.8 Å². The highest BCUT2D eigenvalue weighted by Crippen LogP contribution is 2.34. The summed E-state index contributed by atoms with van der Waals surface area (Å²) < 4.78 is 52.0. The lowest BCUT2D eigenvalue weighted by molar-refractivity contribution is -0.141. The quantitative estimate of drug-likeness (QED) is 0.614. The van der Waals surface area contributed by atoms with E-state index in [2.05, 4.69) is 9.97 Å². The van der Waals surface area contributed by atoms with E-state index >= 15 is 0 Å². The van der Waals surface area contributed by atoms with Gasteiger partial charge in [-0.15, -0.1) is 0 Å². The number of benzene rings is 1. The maximum Gasteiger partial charge on any atom is 0.433 e. The minimum absolute atomic E-state index is 0.0645. The van der Waals surface area contributed by atoms with E-state index in [0.29, 0.717) is 5.56 Å². The zero-order valence-electron chi connectivity index (χ0n) is 10.3. The standard InChI is InChI=1S/C13H9ClF4N2/c1-7-19-11(13(16,17)18)10(12(14)20-7)6-8-3-2-4-9(15)5-8/h2-5H,6H2,1H3. The van der Waals surface area contributed by atoms with Crippen molar-refractivity contribution in [3.8, 4) is 0 Å². The Balaban J connectivity index is 2.50. The maximum atomic E-state index is 13.1. The Labute approximate surface area is 117 Å². The highest BCUT2D eigenvalue weighted by molar-refractivity contribution is 6.30. The van der Waals surface area contributed by atoms with Gasteiger partial charge in [0.15, 0.2) is 5.69 Å². The number of aromatic nitrogens is 2. The molecule has 0 unspecified atom stereocenters. The Morgan fingerprint density at radius 1 is 1.20 bits per heavy atom. The molecule has 2 nitrogen and oxygen atoms in total. The molecule has 0 spiro atoms. The molecule has 0 N–H and O–H groups in total. The lowest BCUT2D eigenvalue weighted by atomic mass is 10.0. The molecule has 0 saturated carbocycles. The van der Waals surface area contributed by atoms with E-state index in [4.69, 9.17) is 11.6 Å². The minimum atomic E-state index is -4.64. The second-order valence-corrected chi connectivity index (χ2v) is 4.55. The Bertz CT molecular complexity index is 641. The molecule has 0 saturated heterocycles. The van der Waals surface area contributed by atoms with Gasteiger partial charge < -0.3 is 0 Å². The average molecular weight is 305 g/mol.